The van der Waals surface area contributed by atoms with Crippen molar-refractivity contribution in [3.63, 3.8) is 0 Å². The van der Waals surface area contributed by atoms with Crippen molar-refractivity contribution >= 4 is 19.7 Å². The molecule has 0 aliphatic rings. The van der Waals surface area contributed by atoms with Crippen LogP contribution in [0.5, 0.6) is 0 Å². The molecule has 0 atom stereocenters. The number of benzene rings is 1. The Labute approximate surface area is 78.6 Å². The van der Waals surface area contributed by atoms with Gasteiger partial charge in [0, 0.05) is 10.7 Å². The summed E-state index contributed by atoms with van der Waals surface area (Å²) in [6.45, 7) is 1.32. The molecule has 1 aromatic carbocycles. The largest absolute Gasteiger partial charge is 0.264 e. The smallest absolute Gasteiger partial charge is 0.207 e. The van der Waals surface area contributed by atoms with Crippen molar-refractivity contribution in [3.8, 4) is 0 Å². The maximum Gasteiger partial charge on any atom is 0.264 e. The van der Waals surface area contributed by atoms with E-state index in [2.05, 4.69) is 0 Å². The van der Waals surface area contributed by atoms with Gasteiger partial charge >= 0.3 is 0 Å². The molecule has 0 unspecified atom stereocenters. The van der Waals surface area contributed by atoms with E-state index >= 15 is 0 Å². The third kappa shape index (κ3) is 1.97. The lowest BCUT2D eigenvalue weighted by molar-refractivity contribution is 0.481. The van der Waals surface area contributed by atoms with Gasteiger partial charge in [0.25, 0.3) is 9.05 Å². The second-order valence-corrected chi connectivity index (χ2v) is 4.98. The highest BCUT2D eigenvalue weighted by Crippen LogP contribution is 2.22. The van der Waals surface area contributed by atoms with Crippen molar-refractivity contribution in [3.05, 3.63) is 29.3 Å². The van der Waals surface area contributed by atoms with Gasteiger partial charge in [0.1, 0.15) is 4.90 Å². The quantitative estimate of drug-likeness (QED) is 0.688. The predicted octanol–water partition coefficient (Wildman–Crippen LogP) is 2.20. The van der Waals surface area contributed by atoms with E-state index in [0.717, 1.165) is 12.1 Å². The second kappa shape index (κ2) is 3.23. The molecule has 1 rings (SSSR count). The van der Waals surface area contributed by atoms with E-state index in [4.69, 9.17) is 10.7 Å². The summed E-state index contributed by atoms with van der Waals surface area (Å²) in [5, 5.41) is 0. The van der Waals surface area contributed by atoms with Crippen molar-refractivity contribution in [1.29, 1.82) is 0 Å². The highest BCUT2D eigenvalue weighted by molar-refractivity contribution is 8.13. The number of aryl methyl sites for hydroxylation is 1. The van der Waals surface area contributed by atoms with Gasteiger partial charge in [-0.1, -0.05) is 6.07 Å². The maximum atomic E-state index is 12.9. The zero-order valence-electron chi connectivity index (χ0n) is 6.51. The Bertz CT molecular complexity index is 442. The van der Waals surface area contributed by atoms with Crippen molar-refractivity contribution in [1.82, 2.24) is 0 Å². The van der Waals surface area contributed by atoms with Gasteiger partial charge in [-0.15, -0.1) is 0 Å². The highest BCUT2D eigenvalue weighted by Gasteiger charge is 2.20. The number of halogens is 3. The predicted molar refractivity (Wildman–Crippen MR) is 44.1 cm³/mol. The SMILES string of the molecule is Cc1ccc(S(=O)(=O)Cl)c(F)c1F. The van der Waals surface area contributed by atoms with Gasteiger partial charge in [0.2, 0.25) is 0 Å². The lowest BCUT2D eigenvalue weighted by Crippen LogP contribution is -1.99. The molecular weight excluding hydrogens is 222 g/mol. The minimum Gasteiger partial charge on any atom is -0.207 e. The van der Waals surface area contributed by atoms with Crippen molar-refractivity contribution < 1.29 is 17.2 Å². The first-order chi connectivity index (χ1) is 5.84. The summed E-state index contributed by atoms with van der Waals surface area (Å²) < 4.78 is 47.1. The van der Waals surface area contributed by atoms with Crippen LogP contribution >= 0.6 is 10.7 Å². The van der Waals surface area contributed by atoms with E-state index in [1.807, 2.05) is 0 Å². The summed E-state index contributed by atoms with van der Waals surface area (Å²) >= 11 is 0. The van der Waals surface area contributed by atoms with Gasteiger partial charge in [-0.05, 0) is 18.6 Å². The van der Waals surface area contributed by atoms with Crippen LogP contribution < -0.4 is 0 Å². The molecule has 0 radical (unpaired) electrons. The normalized spacial score (nSPS) is 11.7. The van der Waals surface area contributed by atoms with Crippen LogP contribution in [0.15, 0.2) is 17.0 Å². The second-order valence-electron chi connectivity index (χ2n) is 2.45. The van der Waals surface area contributed by atoms with Crippen LogP contribution in [0.2, 0.25) is 0 Å². The molecule has 0 heterocycles. The Morgan fingerprint density at radius 3 is 2.23 bits per heavy atom. The summed E-state index contributed by atoms with van der Waals surface area (Å²) in [6, 6.07) is 2.07. The summed E-state index contributed by atoms with van der Waals surface area (Å²) in [7, 11) is 0.638. The Kier molecular flexibility index (Phi) is 2.58. The van der Waals surface area contributed by atoms with Crippen molar-refractivity contribution in [2.75, 3.05) is 0 Å². The van der Waals surface area contributed by atoms with E-state index < -0.39 is 25.6 Å². The van der Waals surface area contributed by atoms with Gasteiger partial charge < -0.3 is 0 Å². The van der Waals surface area contributed by atoms with E-state index in [-0.39, 0.29) is 5.56 Å². The number of hydrogen-bond donors (Lipinski definition) is 0. The third-order valence-electron chi connectivity index (χ3n) is 1.50. The molecule has 2 nitrogen and oxygen atoms in total. The fraction of sp³-hybridized carbons (Fsp3) is 0.143. The van der Waals surface area contributed by atoms with Gasteiger partial charge in [-0.2, -0.15) is 0 Å². The molecule has 0 N–H and O–H groups in total. The standard InChI is InChI=1S/C7H5ClF2O2S/c1-4-2-3-5(13(8,11)12)7(10)6(4)9/h2-3H,1H3. The van der Waals surface area contributed by atoms with Crippen LogP contribution in [0.25, 0.3) is 0 Å². The minimum absolute atomic E-state index is 0.0292. The molecule has 1 aromatic rings. The van der Waals surface area contributed by atoms with E-state index in [1.54, 1.807) is 0 Å². The molecule has 0 aliphatic carbocycles. The molecule has 0 fully saturated rings. The molecule has 0 aliphatic heterocycles. The first-order valence-electron chi connectivity index (χ1n) is 3.23. The fourth-order valence-electron chi connectivity index (χ4n) is 0.817. The lowest BCUT2D eigenvalue weighted by atomic mass is 10.2. The van der Waals surface area contributed by atoms with Crippen LogP contribution in [-0.2, 0) is 9.05 Å². The Balaban J connectivity index is 3.53. The fourth-order valence-corrected chi connectivity index (χ4v) is 1.71. The molecular formula is C7H5ClF2O2S. The average Bonchev–Trinajstić information content (AvgIpc) is 1.98. The average molecular weight is 227 g/mol. The zero-order chi connectivity index (χ0) is 10.2. The van der Waals surface area contributed by atoms with Gasteiger partial charge in [-0.25, -0.2) is 17.2 Å². The van der Waals surface area contributed by atoms with Crippen molar-refractivity contribution in [2.45, 2.75) is 11.8 Å². The van der Waals surface area contributed by atoms with Crippen LogP contribution in [0.4, 0.5) is 8.78 Å². The number of hydrogen-bond acceptors (Lipinski definition) is 2. The molecule has 0 saturated heterocycles. The van der Waals surface area contributed by atoms with Crippen molar-refractivity contribution in [2.24, 2.45) is 0 Å². The summed E-state index contributed by atoms with van der Waals surface area (Å²) in [4.78, 5) is -0.836. The first kappa shape index (κ1) is 10.4. The highest BCUT2D eigenvalue weighted by atomic mass is 35.7. The molecule has 0 bridgehead atoms. The molecule has 0 aromatic heterocycles. The topological polar surface area (TPSA) is 34.1 Å². The molecule has 0 saturated carbocycles. The van der Waals surface area contributed by atoms with Crippen LogP contribution in [0.3, 0.4) is 0 Å². The van der Waals surface area contributed by atoms with Gasteiger partial charge in [0.05, 0.1) is 0 Å². The Morgan fingerprint density at radius 1 is 1.23 bits per heavy atom. The molecule has 0 amide bonds. The van der Waals surface area contributed by atoms with E-state index in [9.17, 15) is 17.2 Å². The molecule has 6 heteroatoms. The number of rotatable bonds is 1. The van der Waals surface area contributed by atoms with Crippen LogP contribution in [0, 0.1) is 18.6 Å². The zero-order valence-corrected chi connectivity index (χ0v) is 8.09. The molecule has 13 heavy (non-hydrogen) atoms. The third-order valence-corrected chi connectivity index (χ3v) is 2.84. The van der Waals surface area contributed by atoms with Gasteiger partial charge in [0.15, 0.2) is 11.6 Å². The van der Waals surface area contributed by atoms with Crippen LogP contribution in [-0.4, -0.2) is 8.42 Å². The summed E-state index contributed by atoms with van der Waals surface area (Å²) in [6.07, 6.45) is 0. The molecule has 0 spiro atoms. The van der Waals surface area contributed by atoms with E-state index in [0.29, 0.717) is 0 Å². The van der Waals surface area contributed by atoms with Gasteiger partial charge in [-0.3, -0.25) is 0 Å². The minimum atomic E-state index is -4.22. The maximum absolute atomic E-state index is 12.9. The van der Waals surface area contributed by atoms with Crippen LogP contribution in [0.1, 0.15) is 5.56 Å². The Morgan fingerprint density at radius 2 is 1.77 bits per heavy atom. The Hall–Kier alpha value is -0.680. The summed E-state index contributed by atoms with van der Waals surface area (Å²) in [5.41, 5.74) is 0.0292. The van der Waals surface area contributed by atoms with E-state index in [1.165, 1.54) is 6.92 Å². The monoisotopic (exact) mass is 226 g/mol. The lowest BCUT2D eigenvalue weighted by Gasteiger charge is -2.01. The molecule has 72 valence electrons. The summed E-state index contributed by atoms with van der Waals surface area (Å²) in [5.74, 6) is -2.63. The first-order valence-corrected chi connectivity index (χ1v) is 5.54.